The Morgan fingerprint density at radius 2 is 1.82 bits per heavy atom. The molecule has 2 N–H and O–H groups in total. The van der Waals surface area contributed by atoms with E-state index in [2.05, 4.69) is 41.5 Å². The van der Waals surface area contributed by atoms with Gasteiger partial charge in [-0.1, -0.05) is 71.8 Å². The molecule has 0 radical (unpaired) electrons. The highest BCUT2D eigenvalue weighted by Crippen LogP contribution is 2.54. The van der Waals surface area contributed by atoms with Gasteiger partial charge in [0, 0.05) is 22.5 Å². The molecule has 1 aliphatic rings. The van der Waals surface area contributed by atoms with Gasteiger partial charge in [-0.2, -0.15) is 0 Å². The van der Waals surface area contributed by atoms with E-state index in [1.807, 2.05) is 25.1 Å². The van der Waals surface area contributed by atoms with Crippen LogP contribution in [0.2, 0.25) is 0 Å². The van der Waals surface area contributed by atoms with Gasteiger partial charge < -0.3 is 15.4 Å². The maximum Gasteiger partial charge on any atom is 0.271 e. The average molecular weight is 379 g/mol. The van der Waals surface area contributed by atoms with Crippen LogP contribution in [-0.2, 0) is 26.5 Å². The molecule has 2 aromatic rings. The molecule has 2 aromatic carbocycles. The van der Waals surface area contributed by atoms with Crippen LogP contribution >= 0.6 is 0 Å². The highest BCUT2D eigenvalue weighted by molar-refractivity contribution is 6.45. The van der Waals surface area contributed by atoms with Gasteiger partial charge in [0.2, 0.25) is 0 Å². The summed E-state index contributed by atoms with van der Waals surface area (Å²) in [4.78, 5) is 22.0. The van der Waals surface area contributed by atoms with Gasteiger partial charge in [-0.05, 0) is 18.9 Å². The molecule has 3 rings (SSSR count). The molecule has 2 atom stereocenters. The lowest BCUT2D eigenvalue weighted by Gasteiger charge is -2.12. The molecule has 28 heavy (non-hydrogen) atoms. The Morgan fingerprint density at radius 3 is 2.50 bits per heavy atom. The van der Waals surface area contributed by atoms with Crippen LogP contribution in [0, 0.1) is 5.92 Å². The topological polar surface area (TPSA) is 86.3 Å². The smallest absolute Gasteiger partial charge is 0.271 e. The fourth-order valence-corrected chi connectivity index (χ4v) is 3.57. The minimum absolute atomic E-state index is 0.0567. The normalized spacial score (nSPS) is 21.9. The van der Waals surface area contributed by atoms with E-state index in [1.165, 1.54) is 12.7 Å². The van der Waals surface area contributed by atoms with Crippen LogP contribution in [0.4, 0.5) is 0 Å². The molecular formula is C22H25N3O3. The summed E-state index contributed by atoms with van der Waals surface area (Å²) in [6, 6.07) is 17.7. The number of carbonyl (C=O) groups is 1. The van der Waals surface area contributed by atoms with E-state index in [0.717, 1.165) is 17.7 Å². The van der Waals surface area contributed by atoms with Crippen LogP contribution in [0.5, 0.6) is 0 Å². The number of carbonyl (C=O) groups excluding carboxylic acids is 1. The van der Waals surface area contributed by atoms with Gasteiger partial charge in [0.05, 0.1) is 5.71 Å². The summed E-state index contributed by atoms with van der Waals surface area (Å²) < 4.78 is 0. The Bertz CT molecular complexity index is 908. The zero-order valence-electron chi connectivity index (χ0n) is 16.4. The maximum absolute atomic E-state index is 11.7. The number of hydrogen-bond acceptors (Lipinski definition) is 5. The number of benzene rings is 2. The van der Waals surface area contributed by atoms with Gasteiger partial charge in [-0.3, -0.25) is 4.79 Å². The van der Waals surface area contributed by atoms with Crippen LogP contribution in [0.3, 0.4) is 0 Å². The third-order valence-electron chi connectivity index (χ3n) is 5.29. The highest BCUT2D eigenvalue weighted by atomic mass is 16.6. The Kier molecular flexibility index (Phi) is 5.78. The second kappa shape index (κ2) is 8.25. The summed E-state index contributed by atoms with van der Waals surface area (Å²) in [5, 5.41) is 8.06. The first-order valence-corrected chi connectivity index (χ1v) is 9.18. The molecule has 0 aliphatic heterocycles. The fraction of sp³-hybridized carbons (Fsp3) is 0.318. The standard InChI is InChI=1S/C22H25N3O3/c1-15(19-13-22(19,2)17-10-5-4-6-11-17)24-28-14-16-9-7-8-12-18(16)20(21(23)26)25-27-3/h4-12,19H,13-14H2,1-3H3,(H2,23,26). The molecule has 2 unspecified atom stereocenters. The van der Waals surface area contributed by atoms with Crippen LogP contribution in [0.15, 0.2) is 64.9 Å². The van der Waals surface area contributed by atoms with E-state index in [9.17, 15) is 4.79 Å². The average Bonchev–Trinajstić information content (AvgIpc) is 3.40. The lowest BCUT2D eigenvalue weighted by atomic mass is 9.94. The third kappa shape index (κ3) is 4.06. The van der Waals surface area contributed by atoms with Crippen molar-refractivity contribution in [2.75, 3.05) is 7.11 Å². The van der Waals surface area contributed by atoms with Crippen molar-refractivity contribution in [3.05, 3.63) is 71.3 Å². The number of oxime groups is 2. The van der Waals surface area contributed by atoms with Gasteiger partial charge in [0.25, 0.3) is 5.91 Å². The second-order valence-corrected chi connectivity index (χ2v) is 7.19. The van der Waals surface area contributed by atoms with E-state index < -0.39 is 5.91 Å². The number of amides is 1. The second-order valence-electron chi connectivity index (χ2n) is 7.19. The van der Waals surface area contributed by atoms with Crippen LogP contribution < -0.4 is 5.73 Å². The van der Waals surface area contributed by atoms with Gasteiger partial charge >= 0.3 is 0 Å². The number of rotatable bonds is 8. The molecule has 0 aromatic heterocycles. The highest BCUT2D eigenvalue weighted by Gasteiger charge is 2.52. The molecular weight excluding hydrogens is 354 g/mol. The van der Waals surface area contributed by atoms with E-state index in [-0.39, 0.29) is 17.7 Å². The number of hydrogen-bond donors (Lipinski definition) is 1. The molecule has 0 spiro atoms. The molecule has 6 heteroatoms. The molecule has 1 saturated carbocycles. The number of primary amides is 1. The first-order valence-electron chi connectivity index (χ1n) is 9.18. The van der Waals surface area contributed by atoms with Gasteiger partial charge in [0.1, 0.15) is 13.7 Å². The maximum atomic E-state index is 11.7. The lowest BCUT2D eigenvalue weighted by molar-refractivity contribution is -0.112. The predicted molar refractivity (Wildman–Crippen MR) is 109 cm³/mol. The Morgan fingerprint density at radius 1 is 1.14 bits per heavy atom. The summed E-state index contributed by atoms with van der Waals surface area (Å²) in [5.74, 6) is -0.299. The van der Waals surface area contributed by atoms with Crippen molar-refractivity contribution >= 4 is 17.3 Å². The van der Waals surface area contributed by atoms with Crippen LogP contribution in [-0.4, -0.2) is 24.4 Å². The minimum Gasteiger partial charge on any atom is -0.398 e. The monoisotopic (exact) mass is 379 g/mol. The molecule has 1 aliphatic carbocycles. The van der Waals surface area contributed by atoms with E-state index >= 15 is 0 Å². The summed E-state index contributed by atoms with van der Waals surface area (Å²) in [7, 11) is 1.37. The Labute approximate surface area is 165 Å². The SMILES string of the molecule is CON=C(C(N)=O)c1ccccc1CON=C(C)C1CC1(C)c1ccccc1. The Balaban J connectivity index is 1.69. The van der Waals surface area contributed by atoms with Crippen molar-refractivity contribution < 1.29 is 14.5 Å². The minimum atomic E-state index is -0.661. The van der Waals surface area contributed by atoms with E-state index in [0.29, 0.717) is 11.5 Å². The molecule has 1 amide bonds. The van der Waals surface area contributed by atoms with Crippen molar-refractivity contribution in [2.24, 2.45) is 22.0 Å². The summed E-state index contributed by atoms with van der Waals surface area (Å²) >= 11 is 0. The molecule has 6 nitrogen and oxygen atoms in total. The number of nitrogens with zero attached hydrogens (tertiary/aromatic N) is 2. The molecule has 1 fully saturated rings. The molecule has 0 bridgehead atoms. The molecule has 0 saturated heterocycles. The first kappa shape index (κ1) is 19.6. The predicted octanol–water partition coefficient (Wildman–Crippen LogP) is 3.39. The lowest BCUT2D eigenvalue weighted by Crippen LogP contribution is -2.25. The summed E-state index contributed by atoms with van der Waals surface area (Å²) in [5.41, 5.74) is 9.20. The summed E-state index contributed by atoms with van der Waals surface area (Å²) in [6.45, 7) is 4.45. The van der Waals surface area contributed by atoms with Gasteiger partial charge in [-0.25, -0.2) is 0 Å². The zero-order valence-corrected chi connectivity index (χ0v) is 16.4. The van der Waals surface area contributed by atoms with Gasteiger partial charge in [0.15, 0.2) is 5.71 Å². The van der Waals surface area contributed by atoms with E-state index in [1.54, 1.807) is 12.1 Å². The van der Waals surface area contributed by atoms with Crippen molar-refractivity contribution in [1.82, 2.24) is 0 Å². The largest absolute Gasteiger partial charge is 0.398 e. The third-order valence-corrected chi connectivity index (χ3v) is 5.29. The van der Waals surface area contributed by atoms with Crippen molar-refractivity contribution in [1.29, 1.82) is 0 Å². The quantitative estimate of drug-likeness (QED) is 0.563. The van der Waals surface area contributed by atoms with Gasteiger partial charge in [-0.15, -0.1) is 0 Å². The molecule has 0 heterocycles. The van der Waals surface area contributed by atoms with E-state index in [4.69, 9.17) is 15.4 Å². The first-order chi connectivity index (χ1) is 13.5. The van der Waals surface area contributed by atoms with Crippen LogP contribution in [0.1, 0.15) is 37.0 Å². The molecule has 146 valence electrons. The summed E-state index contributed by atoms with van der Waals surface area (Å²) in [6.07, 6.45) is 1.05. The van der Waals surface area contributed by atoms with Crippen LogP contribution in [0.25, 0.3) is 0 Å². The Hall–Kier alpha value is -3.15. The zero-order chi connectivity index (χ0) is 20.1. The van der Waals surface area contributed by atoms with Crippen molar-refractivity contribution in [3.63, 3.8) is 0 Å². The van der Waals surface area contributed by atoms with Crippen molar-refractivity contribution in [3.8, 4) is 0 Å². The fourth-order valence-electron chi connectivity index (χ4n) is 3.57. The number of nitrogens with two attached hydrogens (primary N) is 1. The van der Waals surface area contributed by atoms with Crippen molar-refractivity contribution in [2.45, 2.75) is 32.3 Å².